The summed E-state index contributed by atoms with van der Waals surface area (Å²) in [5.41, 5.74) is 0. The third kappa shape index (κ3) is 11.8. The van der Waals surface area contributed by atoms with E-state index >= 15 is 0 Å². The second kappa shape index (κ2) is 14.9. The SMILES string of the molecule is CCC(C)OC1CCC(OCCCC(=O)NCCOCCC(=O)C(C)C)CC1.[HH]. The van der Waals surface area contributed by atoms with Crippen LogP contribution in [-0.4, -0.2) is 56.4 Å². The van der Waals surface area contributed by atoms with Gasteiger partial charge in [-0.2, -0.15) is 0 Å². The second-order valence-corrected chi connectivity index (χ2v) is 8.06. The Balaban J connectivity index is 0.00000784. The fourth-order valence-electron chi connectivity index (χ4n) is 3.16. The first kappa shape index (κ1) is 25.1. The van der Waals surface area contributed by atoms with E-state index in [1.165, 1.54) is 0 Å². The van der Waals surface area contributed by atoms with Crippen LogP contribution < -0.4 is 5.32 Å². The average Bonchev–Trinajstić information content (AvgIpc) is 2.68. The molecule has 1 amide bonds. The van der Waals surface area contributed by atoms with E-state index in [0.717, 1.165) is 38.5 Å². The van der Waals surface area contributed by atoms with Gasteiger partial charge in [0.2, 0.25) is 5.91 Å². The topological polar surface area (TPSA) is 73.9 Å². The summed E-state index contributed by atoms with van der Waals surface area (Å²) in [5.74, 6) is 0.287. The first-order valence-corrected chi connectivity index (χ1v) is 11.1. The lowest BCUT2D eigenvalue weighted by molar-refractivity contribution is -0.124. The molecule has 1 aliphatic rings. The molecule has 0 bridgehead atoms. The maximum absolute atomic E-state index is 11.8. The molecule has 0 aromatic heterocycles. The Kier molecular flexibility index (Phi) is 13.4. The molecular weight excluding hydrogens is 358 g/mol. The first-order chi connectivity index (χ1) is 13.4. The quantitative estimate of drug-likeness (QED) is 0.421. The fourth-order valence-corrected chi connectivity index (χ4v) is 3.16. The van der Waals surface area contributed by atoms with Gasteiger partial charge in [-0.15, -0.1) is 0 Å². The maximum atomic E-state index is 11.8. The maximum Gasteiger partial charge on any atom is 0.220 e. The Labute approximate surface area is 172 Å². The minimum atomic E-state index is 0. The normalized spacial score (nSPS) is 20.9. The molecule has 1 rings (SSSR count). The molecule has 6 nitrogen and oxygen atoms in total. The van der Waals surface area contributed by atoms with Crippen LogP contribution in [0.15, 0.2) is 0 Å². The summed E-state index contributed by atoms with van der Waals surface area (Å²) in [6, 6.07) is 0. The number of Topliss-reactive ketones (excluding diaryl/α,β-unsaturated/α-hetero) is 1. The number of hydrogen-bond donors (Lipinski definition) is 1. The molecule has 0 aliphatic heterocycles. The van der Waals surface area contributed by atoms with Crippen LogP contribution in [-0.2, 0) is 23.8 Å². The molecule has 1 saturated carbocycles. The fraction of sp³-hybridized carbons (Fsp3) is 0.909. The zero-order chi connectivity index (χ0) is 20.8. The summed E-state index contributed by atoms with van der Waals surface area (Å²) in [6.45, 7) is 10.0. The van der Waals surface area contributed by atoms with E-state index < -0.39 is 0 Å². The highest BCUT2D eigenvalue weighted by atomic mass is 16.5. The van der Waals surface area contributed by atoms with E-state index in [1.807, 2.05) is 13.8 Å². The number of carbonyl (C=O) groups excluding carboxylic acids is 2. The molecule has 0 spiro atoms. The van der Waals surface area contributed by atoms with Crippen LogP contribution in [0.25, 0.3) is 0 Å². The Bertz CT molecular complexity index is 439. The van der Waals surface area contributed by atoms with E-state index in [9.17, 15) is 9.59 Å². The van der Waals surface area contributed by atoms with Crippen molar-refractivity contribution in [3.8, 4) is 0 Å². The minimum Gasteiger partial charge on any atom is -0.379 e. The number of hydrogen-bond acceptors (Lipinski definition) is 5. The average molecular weight is 402 g/mol. The van der Waals surface area contributed by atoms with Crippen molar-refractivity contribution in [2.45, 2.75) is 97.4 Å². The van der Waals surface area contributed by atoms with Crippen molar-refractivity contribution in [1.82, 2.24) is 5.32 Å². The van der Waals surface area contributed by atoms with Crippen molar-refractivity contribution in [3.63, 3.8) is 0 Å². The summed E-state index contributed by atoms with van der Waals surface area (Å²) >= 11 is 0. The van der Waals surface area contributed by atoms with Gasteiger partial charge in [0, 0.05) is 33.3 Å². The van der Waals surface area contributed by atoms with Gasteiger partial charge in [0.25, 0.3) is 0 Å². The van der Waals surface area contributed by atoms with Gasteiger partial charge in [0.15, 0.2) is 0 Å². The largest absolute Gasteiger partial charge is 0.379 e. The van der Waals surface area contributed by atoms with Crippen LogP contribution in [0.1, 0.15) is 80.5 Å². The minimum absolute atomic E-state index is 0. The van der Waals surface area contributed by atoms with Gasteiger partial charge in [-0.3, -0.25) is 9.59 Å². The lowest BCUT2D eigenvalue weighted by Gasteiger charge is -2.30. The lowest BCUT2D eigenvalue weighted by Crippen LogP contribution is -2.29. The van der Waals surface area contributed by atoms with Crippen molar-refractivity contribution in [3.05, 3.63) is 0 Å². The lowest BCUT2D eigenvalue weighted by atomic mass is 9.94. The van der Waals surface area contributed by atoms with Crippen molar-refractivity contribution in [1.29, 1.82) is 0 Å². The Morgan fingerprint density at radius 1 is 1.00 bits per heavy atom. The second-order valence-electron chi connectivity index (χ2n) is 8.06. The third-order valence-corrected chi connectivity index (χ3v) is 5.23. The molecule has 0 saturated heterocycles. The molecule has 1 atom stereocenters. The standard InChI is InChI=1S/C22H41NO5.H2/c1-5-18(4)28-20-10-8-19(9-11-20)27-14-6-7-22(25)23-13-16-26-15-12-21(24)17(2)3;/h17-20H,5-16H2,1-4H3,(H,23,25);1H. The van der Waals surface area contributed by atoms with Gasteiger partial charge < -0.3 is 19.5 Å². The molecule has 1 fully saturated rings. The number of ketones is 1. The molecule has 1 unspecified atom stereocenters. The summed E-state index contributed by atoms with van der Waals surface area (Å²) < 4.78 is 17.3. The predicted octanol–water partition coefficient (Wildman–Crippen LogP) is 3.90. The molecule has 1 N–H and O–H groups in total. The zero-order valence-corrected chi connectivity index (χ0v) is 18.3. The Morgan fingerprint density at radius 3 is 2.32 bits per heavy atom. The van der Waals surface area contributed by atoms with Gasteiger partial charge in [-0.1, -0.05) is 20.8 Å². The van der Waals surface area contributed by atoms with Gasteiger partial charge >= 0.3 is 0 Å². The predicted molar refractivity (Wildman–Crippen MR) is 112 cm³/mol. The van der Waals surface area contributed by atoms with Gasteiger partial charge in [-0.25, -0.2) is 0 Å². The van der Waals surface area contributed by atoms with Crippen molar-refractivity contribution < 1.29 is 25.2 Å². The zero-order valence-electron chi connectivity index (χ0n) is 18.3. The highest BCUT2D eigenvalue weighted by Gasteiger charge is 2.23. The first-order valence-electron chi connectivity index (χ1n) is 11.1. The number of rotatable bonds is 15. The molecule has 28 heavy (non-hydrogen) atoms. The number of nitrogens with one attached hydrogen (secondary N) is 1. The van der Waals surface area contributed by atoms with E-state index in [0.29, 0.717) is 57.5 Å². The summed E-state index contributed by atoms with van der Waals surface area (Å²) in [4.78, 5) is 23.3. The summed E-state index contributed by atoms with van der Waals surface area (Å²) in [5, 5.41) is 2.84. The van der Waals surface area contributed by atoms with Crippen LogP contribution >= 0.6 is 0 Å². The van der Waals surface area contributed by atoms with Gasteiger partial charge in [0.1, 0.15) is 5.78 Å². The Morgan fingerprint density at radius 2 is 1.68 bits per heavy atom. The summed E-state index contributed by atoms with van der Waals surface area (Å²) in [6.07, 6.45) is 7.96. The van der Waals surface area contributed by atoms with Crippen LogP contribution in [0, 0.1) is 5.92 Å². The van der Waals surface area contributed by atoms with Crippen molar-refractivity contribution >= 4 is 11.7 Å². The van der Waals surface area contributed by atoms with E-state index in [1.54, 1.807) is 0 Å². The van der Waals surface area contributed by atoms with Gasteiger partial charge in [0.05, 0.1) is 31.5 Å². The highest BCUT2D eigenvalue weighted by molar-refractivity contribution is 5.80. The van der Waals surface area contributed by atoms with Crippen molar-refractivity contribution in [2.24, 2.45) is 5.92 Å². The molecule has 166 valence electrons. The van der Waals surface area contributed by atoms with Crippen LogP contribution in [0.4, 0.5) is 0 Å². The molecule has 1 aliphatic carbocycles. The Hall–Kier alpha value is -0.980. The monoisotopic (exact) mass is 401 g/mol. The molecule has 0 aromatic carbocycles. The smallest absolute Gasteiger partial charge is 0.220 e. The molecular formula is C22H43NO5. The summed E-state index contributed by atoms with van der Waals surface area (Å²) in [7, 11) is 0. The van der Waals surface area contributed by atoms with Crippen molar-refractivity contribution in [2.75, 3.05) is 26.4 Å². The van der Waals surface area contributed by atoms with Crippen LogP contribution in [0.3, 0.4) is 0 Å². The highest BCUT2D eigenvalue weighted by Crippen LogP contribution is 2.25. The van der Waals surface area contributed by atoms with E-state index in [4.69, 9.17) is 14.2 Å². The molecule has 0 heterocycles. The van der Waals surface area contributed by atoms with E-state index in [-0.39, 0.29) is 19.0 Å². The number of amides is 1. The number of ether oxygens (including phenoxy) is 3. The van der Waals surface area contributed by atoms with Crippen LogP contribution in [0.5, 0.6) is 0 Å². The molecule has 0 radical (unpaired) electrons. The molecule has 0 aromatic rings. The third-order valence-electron chi connectivity index (χ3n) is 5.23. The van der Waals surface area contributed by atoms with Gasteiger partial charge in [-0.05, 0) is 45.4 Å². The molecule has 6 heteroatoms. The van der Waals surface area contributed by atoms with E-state index in [2.05, 4.69) is 19.2 Å². The van der Waals surface area contributed by atoms with Crippen LogP contribution in [0.2, 0.25) is 0 Å². The number of carbonyl (C=O) groups is 2.